The molecule has 0 aliphatic rings. The number of nitro groups is 1. The van der Waals surface area contributed by atoms with E-state index in [0.717, 1.165) is 19.3 Å². The van der Waals surface area contributed by atoms with E-state index in [-0.39, 0.29) is 11.6 Å². The highest BCUT2D eigenvalue weighted by molar-refractivity contribution is 5.76. The third-order valence-electron chi connectivity index (χ3n) is 6.38. The van der Waals surface area contributed by atoms with E-state index >= 15 is 0 Å². The van der Waals surface area contributed by atoms with Gasteiger partial charge < -0.3 is 15.5 Å². The van der Waals surface area contributed by atoms with E-state index in [1.165, 1.54) is 101 Å². The van der Waals surface area contributed by atoms with Crippen LogP contribution in [0.4, 0.5) is 5.69 Å². The van der Waals surface area contributed by atoms with Gasteiger partial charge >= 0.3 is 0 Å². The van der Waals surface area contributed by atoms with Crippen molar-refractivity contribution in [2.75, 3.05) is 6.61 Å². The molecular formula is C27H46N2O5. The molecule has 0 heterocycles. The topological polar surface area (TPSA) is 113 Å². The first-order chi connectivity index (χ1) is 16.5. The minimum Gasteiger partial charge on any atom is -0.394 e. The highest BCUT2D eigenvalue weighted by Gasteiger charge is 2.22. The minimum absolute atomic E-state index is 0.0753. The summed E-state index contributed by atoms with van der Waals surface area (Å²) in [7, 11) is 0. The number of carbonyl (C=O) groups excluding carboxylic acids is 1. The first-order valence-electron chi connectivity index (χ1n) is 13.3. The number of aliphatic hydroxyl groups excluding tert-OH is 2. The number of carbonyl (C=O) groups is 1. The third kappa shape index (κ3) is 13.7. The second-order valence-corrected chi connectivity index (χ2v) is 9.35. The van der Waals surface area contributed by atoms with E-state index < -0.39 is 23.7 Å². The number of unbranched alkanes of at least 4 members (excludes halogenated alkanes) is 14. The summed E-state index contributed by atoms with van der Waals surface area (Å²) in [5.74, 6) is -0.199. The van der Waals surface area contributed by atoms with Crippen molar-refractivity contribution in [2.45, 2.75) is 122 Å². The maximum absolute atomic E-state index is 12.2. The van der Waals surface area contributed by atoms with Crippen molar-refractivity contribution >= 4 is 11.6 Å². The Bertz CT molecular complexity index is 665. The van der Waals surface area contributed by atoms with Crippen LogP contribution in [0.25, 0.3) is 0 Å². The molecule has 7 nitrogen and oxygen atoms in total. The van der Waals surface area contributed by atoms with Crippen molar-refractivity contribution in [3.05, 3.63) is 39.9 Å². The summed E-state index contributed by atoms with van der Waals surface area (Å²) in [6.07, 6.45) is 18.2. The average Bonchev–Trinajstić information content (AvgIpc) is 2.84. The smallest absolute Gasteiger partial charge is 0.269 e. The Morgan fingerprint density at radius 2 is 1.29 bits per heavy atom. The Labute approximate surface area is 205 Å². The highest BCUT2D eigenvalue weighted by atomic mass is 16.6. The molecule has 0 aliphatic carbocycles. The lowest BCUT2D eigenvalue weighted by molar-refractivity contribution is -0.384. The molecule has 1 amide bonds. The van der Waals surface area contributed by atoms with Crippen molar-refractivity contribution in [3.63, 3.8) is 0 Å². The van der Waals surface area contributed by atoms with Crippen molar-refractivity contribution in [3.8, 4) is 0 Å². The highest BCUT2D eigenvalue weighted by Crippen LogP contribution is 2.21. The summed E-state index contributed by atoms with van der Waals surface area (Å²) in [6.45, 7) is 1.84. The van der Waals surface area contributed by atoms with Crippen LogP contribution in [0.3, 0.4) is 0 Å². The van der Waals surface area contributed by atoms with Crippen LogP contribution in [0.5, 0.6) is 0 Å². The van der Waals surface area contributed by atoms with E-state index in [0.29, 0.717) is 12.0 Å². The monoisotopic (exact) mass is 478 g/mol. The Morgan fingerprint density at radius 3 is 1.71 bits per heavy atom. The quantitative estimate of drug-likeness (QED) is 0.108. The average molecular weight is 479 g/mol. The number of hydrogen-bond acceptors (Lipinski definition) is 5. The number of non-ortho nitro benzene ring substituents is 1. The fourth-order valence-corrected chi connectivity index (χ4v) is 4.19. The van der Waals surface area contributed by atoms with Crippen molar-refractivity contribution in [1.82, 2.24) is 5.32 Å². The van der Waals surface area contributed by atoms with Crippen LogP contribution >= 0.6 is 0 Å². The van der Waals surface area contributed by atoms with Gasteiger partial charge in [0.1, 0.15) is 6.10 Å². The van der Waals surface area contributed by atoms with Gasteiger partial charge in [0.25, 0.3) is 5.69 Å². The fourth-order valence-electron chi connectivity index (χ4n) is 4.19. The molecule has 3 N–H and O–H groups in total. The van der Waals surface area contributed by atoms with Gasteiger partial charge in [0.05, 0.1) is 17.6 Å². The maximum atomic E-state index is 12.2. The van der Waals surface area contributed by atoms with Crippen LogP contribution < -0.4 is 5.32 Å². The molecule has 0 aliphatic heterocycles. The van der Waals surface area contributed by atoms with Gasteiger partial charge in [-0.25, -0.2) is 0 Å². The molecule has 2 unspecified atom stereocenters. The Morgan fingerprint density at radius 1 is 0.853 bits per heavy atom. The summed E-state index contributed by atoms with van der Waals surface area (Å²) in [5, 5.41) is 33.4. The van der Waals surface area contributed by atoms with Gasteiger partial charge in [-0.3, -0.25) is 14.9 Å². The number of nitrogens with zero attached hydrogens (tertiary/aromatic N) is 1. The third-order valence-corrected chi connectivity index (χ3v) is 6.38. The summed E-state index contributed by atoms with van der Waals surface area (Å²) in [5.41, 5.74) is 0.339. The number of amides is 1. The van der Waals surface area contributed by atoms with Gasteiger partial charge in [0, 0.05) is 18.6 Å². The van der Waals surface area contributed by atoms with Crippen LogP contribution in [0.15, 0.2) is 24.3 Å². The zero-order chi connectivity index (χ0) is 25.0. The number of nitro benzene ring substituents is 1. The molecule has 1 aromatic carbocycles. The van der Waals surface area contributed by atoms with Crippen LogP contribution in [0.2, 0.25) is 0 Å². The largest absolute Gasteiger partial charge is 0.394 e. The Kier molecular flexibility index (Phi) is 17.1. The van der Waals surface area contributed by atoms with Crippen LogP contribution in [-0.2, 0) is 4.79 Å². The van der Waals surface area contributed by atoms with Crippen LogP contribution in [0, 0.1) is 10.1 Å². The SMILES string of the molecule is CCCCCCCCCCCCCCCCCC(=O)NC(CO)C(O)c1ccc([N+](=O)[O-])cc1. The van der Waals surface area contributed by atoms with E-state index in [9.17, 15) is 25.1 Å². The lowest BCUT2D eigenvalue weighted by Gasteiger charge is -2.22. The summed E-state index contributed by atoms with van der Waals surface area (Å²) < 4.78 is 0. The van der Waals surface area contributed by atoms with Crippen molar-refractivity contribution < 1.29 is 19.9 Å². The number of hydrogen-bond donors (Lipinski definition) is 3. The number of rotatable bonds is 21. The zero-order valence-corrected chi connectivity index (χ0v) is 21.1. The zero-order valence-electron chi connectivity index (χ0n) is 21.1. The van der Waals surface area contributed by atoms with Crippen LogP contribution in [0.1, 0.15) is 121 Å². The van der Waals surface area contributed by atoms with Crippen molar-refractivity contribution in [2.24, 2.45) is 0 Å². The molecule has 7 heteroatoms. The van der Waals surface area contributed by atoms with Gasteiger partial charge in [-0.15, -0.1) is 0 Å². The van der Waals surface area contributed by atoms with E-state index in [1.807, 2.05) is 0 Å². The molecular weight excluding hydrogens is 432 g/mol. The standard InChI is InChI=1S/C27H46N2O5/c1-2-3-4-5-6-7-8-9-10-11-12-13-14-15-16-17-26(31)28-25(22-30)27(32)23-18-20-24(21-19-23)29(33)34/h18-21,25,27,30,32H,2-17,22H2,1H3,(H,28,31). The molecule has 0 radical (unpaired) electrons. The molecule has 0 bridgehead atoms. The molecule has 1 aromatic rings. The van der Waals surface area contributed by atoms with E-state index in [1.54, 1.807) is 0 Å². The van der Waals surface area contributed by atoms with E-state index in [2.05, 4.69) is 12.2 Å². The van der Waals surface area contributed by atoms with Gasteiger partial charge in [-0.1, -0.05) is 96.8 Å². The number of nitrogens with one attached hydrogen (secondary N) is 1. The van der Waals surface area contributed by atoms with Crippen molar-refractivity contribution in [1.29, 1.82) is 0 Å². The second kappa shape index (κ2) is 19.3. The molecule has 34 heavy (non-hydrogen) atoms. The molecule has 0 saturated carbocycles. The Balaban J connectivity index is 2.06. The van der Waals surface area contributed by atoms with E-state index in [4.69, 9.17) is 0 Å². The van der Waals surface area contributed by atoms with Gasteiger partial charge in [-0.2, -0.15) is 0 Å². The first kappa shape index (κ1) is 30.0. The van der Waals surface area contributed by atoms with Gasteiger partial charge in [0.15, 0.2) is 0 Å². The normalized spacial score (nSPS) is 12.9. The molecule has 0 fully saturated rings. The summed E-state index contributed by atoms with van der Waals surface area (Å²) >= 11 is 0. The molecule has 1 rings (SSSR count). The molecule has 0 aromatic heterocycles. The maximum Gasteiger partial charge on any atom is 0.269 e. The predicted molar refractivity (Wildman–Crippen MR) is 137 cm³/mol. The number of benzene rings is 1. The van der Waals surface area contributed by atoms with Gasteiger partial charge in [-0.05, 0) is 24.1 Å². The fraction of sp³-hybridized carbons (Fsp3) is 0.741. The molecule has 2 atom stereocenters. The van der Waals surface area contributed by atoms with Crippen LogP contribution in [-0.4, -0.2) is 33.7 Å². The molecule has 0 spiro atoms. The molecule has 194 valence electrons. The Hall–Kier alpha value is -1.99. The minimum atomic E-state index is -1.13. The summed E-state index contributed by atoms with van der Waals surface area (Å²) in [4.78, 5) is 22.4. The van der Waals surface area contributed by atoms with Gasteiger partial charge in [0.2, 0.25) is 5.91 Å². The lowest BCUT2D eigenvalue weighted by Crippen LogP contribution is -2.41. The predicted octanol–water partition coefficient (Wildman–Crippen LogP) is 6.37. The molecule has 0 saturated heterocycles. The summed E-state index contributed by atoms with van der Waals surface area (Å²) in [6, 6.07) is 4.62. The second-order valence-electron chi connectivity index (χ2n) is 9.35. The lowest BCUT2D eigenvalue weighted by atomic mass is 10.0. The first-order valence-corrected chi connectivity index (χ1v) is 13.3. The number of aliphatic hydroxyl groups is 2.